The summed E-state index contributed by atoms with van der Waals surface area (Å²) in [7, 11) is 2.00. The predicted octanol–water partition coefficient (Wildman–Crippen LogP) is 2.00. The lowest BCUT2D eigenvalue weighted by molar-refractivity contribution is -0.119. The summed E-state index contributed by atoms with van der Waals surface area (Å²) in [5.41, 5.74) is 1.09. The molecule has 0 atom stereocenters. The van der Waals surface area contributed by atoms with Gasteiger partial charge in [0.05, 0.1) is 0 Å². The number of aliphatic imine (C=N–C) groups is 1. The molecule has 5 heteroatoms. The second-order valence-electron chi connectivity index (χ2n) is 5.21. The first-order valence-electron chi connectivity index (χ1n) is 7.97. The zero-order valence-electron chi connectivity index (χ0n) is 13.9. The third-order valence-corrected chi connectivity index (χ3v) is 3.25. The van der Waals surface area contributed by atoms with E-state index in [9.17, 15) is 4.79 Å². The van der Waals surface area contributed by atoms with Crippen LogP contribution in [0.2, 0.25) is 0 Å². The third-order valence-electron chi connectivity index (χ3n) is 3.25. The molecule has 5 nitrogen and oxygen atoms in total. The fourth-order valence-electron chi connectivity index (χ4n) is 1.97. The first-order chi connectivity index (χ1) is 10.7. The molecule has 0 unspecified atom stereocenters. The molecular formula is C17H28N4O. The fraction of sp³-hybridized carbons (Fsp3) is 0.529. The van der Waals surface area contributed by atoms with Crippen LogP contribution < -0.4 is 10.6 Å². The number of nitrogens with zero attached hydrogens (tertiary/aromatic N) is 2. The highest BCUT2D eigenvalue weighted by atomic mass is 16.1. The summed E-state index contributed by atoms with van der Waals surface area (Å²) < 4.78 is 0. The molecular weight excluding hydrogens is 276 g/mol. The molecule has 0 bridgehead atoms. The Kier molecular flexibility index (Phi) is 8.72. The van der Waals surface area contributed by atoms with E-state index in [1.807, 2.05) is 44.3 Å². The molecule has 0 aromatic heterocycles. The minimum Gasteiger partial charge on any atom is -0.357 e. The summed E-state index contributed by atoms with van der Waals surface area (Å²) in [6, 6.07) is 9.87. The molecule has 22 heavy (non-hydrogen) atoms. The van der Waals surface area contributed by atoms with Crippen LogP contribution in [0.1, 0.15) is 32.3 Å². The lowest BCUT2D eigenvalue weighted by atomic mass is 10.2. The maximum atomic E-state index is 11.9. The summed E-state index contributed by atoms with van der Waals surface area (Å²) in [6.07, 6.45) is 2.25. The quantitative estimate of drug-likeness (QED) is 0.570. The Balaban J connectivity index is 2.45. The van der Waals surface area contributed by atoms with Crippen molar-refractivity contribution >= 4 is 11.9 Å². The summed E-state index contributed by atoms with van der Waals surface area (Å²) in [4.78, 5) is 18.4. The van der Waals surface area contributed by atoms with Crippen molar-refractivity contribution in [2.75, 3.05) is 26.7 Å². The molecule has 1 rings (SSSR count). The molecule has 1 amide bonds. The second-order valence-corrected chi connectivity index (χ2v) is 5.21. The van der Waals surface area contributed by atoms with E-state index in [4.69, 9.17) is 0 Å². The first kappa shape index (κ1) is 18.0. The maximum absolute atomic E-state index is 11.9. The fourth-order valence-corrected chi connectivity index (χ4v) is 1.97. The Bertz CT molecular complexity index is 459. The number of guanidine groups is 1. The van der Waals surface area contributed by atoms with Crippen molar-refractivity contribution in [3.8, 4) is 0 Å². The van der Waals surface area contributed by atoms with Crippen LogP contribution in [0, 0.1) is 0 Å². The van der Waals surface area contributed by atoms with Crippen LogP contribution in [0.4, 0.5) is 0 Å². The standard InChI is InChI=1S/C17H28N4O/c1-4-6-12-21(3)17(18-5-2)20-14-16(22)19-13-15-10-8-7-9-11-15/h7-11H,4-6,12-14H2,1-3H3,(H,18,20)(H,19,22). The van der Waals surface area contributed by atoms with Crippen molar-refractivity contribution in [2.24, 2.45) is 4.99 Å². The molecule has 0 fully saturated rings. The molecule has 1 aromatic rings. The molecule has 1 aromatic carbocycles. The highest BCUT2D eigenvalue weighted by Gasteiger charge is 2.06. The molecule has 0 saturated heterocycles. The van der Waals surface area contributed by atoms with E-state index in [0.29, 0.717) is 6.54 Å². The van der Waals surface area contributed by atoms with E-state index in [0.717, 1.165) is 37.5 Å². The van der Waals surface area contributed by atoms with Crippen molar-refractivity contribution in [1.82, 2.24) is 15.5 Å². The van der Waals surface area contributed by atoms with Crippen LogP contribution in [0.3, 0.4) is 0 Å². The summed E-state index contributed by atoms with van der Waals surface area (Å²) in [6.45, 7) is 6.60. The Morgan fingerprint density at radius 3 is 2.55 bits per heavy atom. The number of benzene rings is 1. The van der Waals surface area contributed by atoms with Crippen molar-refractivity contribution < 1.29 is 4.79 Å². The number of carbonyl (C=O) groups is 1. The van der Waals surface area contributed by atoms with Gasteiger partial charge in [-0.05, 0) is 18.9 Å². The molecule has 0 radical (unpaired) electrons. The van der Waals surface area contributed by atoms with Gasteiger partial charge in [-0.3, -0.25) is 4.79 Å². The Labute approximate surface area is 133 Å². The van der Waals surface area contributed by atoms with Crippen LogP contribution in [0.15, 0.2) is 35.3 Å². The molecule has 0 saturated carbocycles. The molecule has 0 heterocycles. The zero-order chi connectivity index (χ0) is 16.2. The van der Waals surface area contributed by atoms with E-state index in [1.54, 1.807) is 0 Å². The highest BCUT2D eigenvalue weighted by Crippen LogP contribution is 1.97. The summed E-state index contributed by atoms with van der Waals surface area (Å²) in [5, 5.41) is 6.10. The third kappa shape index (κ3) is 7.11. The van der Waals surface area contributed by atoms with E-state index >= 15 is 0 Å². The monoisotopic (exact) mass is 304 g/mol. The van der Waals surface area contributed by atoms with E-state index in [-0.39, 0.29) is 12.5 Å². The van der Waals surface area contributed by atoms with Gasteiger partial charge < -0.3 is 15.5 Å². The van der Waals surface area contributed by atoms with Crippen LogP contribution in [0.25, 0.3) is 0 Å². The van der Waals surface area contributed by atoms with Gasteiger partial charge in [-0.1, -0.05) is 43.7 Å². The van der Waals surface area contributed by atoms with Crippen LogP contribution >= 0.6 is 0 Å². The topological polar surface area (TPSA) is 56.7 Å². The largest absolute Gasteiger partial charge is 0.357 e. The van der Waals surface area contributed by atoms with Crippen LogP contribution in [-0.4, -0.2) is 43.4 Å². The SMILES string of the molecule is CCCCN(C)C(=NCC(=O)NCc1ccccc1)NCC. The predicted molar refractivity (Wildman–Crippen MR) is 91.8 cm³/mol. The van der Waals surface area contributed by atoms with Gasteiger partial charge in [0.25, 0.3) is 0 Å². The van der Waals surface area contributed by atoms with Gasteiger partial charge in [-0.25, -0.2) is 4.99 Å². The first-order valence-corrected chi connectivity index (χ1v) is 7.97. The van der Waals surface area contributed by atoms with Gasteiger partial charge in [0.15, 0.2) is 5.96 Å². The zero-order valence-corrected chi connectivity index (χ0v) is 13.9. The molecule has 0 aliphatic rings. The van der Waals surface area contributed by atoms with Crippen molar-refractivity contribution in [1.29, 1.82) is 0 Å². The smallest absolute Gasteiger partial charge is 0.242 e. The normalized spacial score (nSPS) is 11.1. The Morgan fingerprint density at radius 1 is 1.18 bits per heavy atom. The molecule has 2 N–H and O–H groups in total. The van der Waals surface area contributed by atoms with Gasteiger partial charge in [0.2, 0.25) is 5.91 Å². The number of amides is 1. The summed E-state index contributed by atoms with van der Waals surface area (Å²) >= 11 is 0. The minimum absolute atomic E-state index is 0.0665. The van der Waals surface area contributed by atoms with Gasteiger partial charge >= 0.3 is 0 Å². The van der Waals surface area contributed by atoms with Gasteiger partial charge in [-0.15, -0.1) is 0 Å². The van der Waals surface area contributed by atoms with E-state index in [2.05, 4.69) is 27.4 Å². The van der Waals surface area contributed by atoms with E-state index in [1.165, 1.54) is 0 Å². The average molecular weight is 304 g/mol. The highest BCUT2D eigenvalue weighted by molar-refractivity contribution is 5.84. The lowest BCUT2D eigenvalue weighted by Gasteiger charge is -2.21. The lowest BCUT2D eigenvalue weighted by Crippen LogP contribution is -2.40. The summed E-state index contributed by atoms with van der Waals surface area (Å²) in [5.74, 6) is 0.717. The number of rotatable bonds is 8. The van der Waals surface area contributed by atoms with E-state index < -0.39 is 0 Å². The van der Waals surface area contributed by atoms with Gasteiger partial charge in [0, 0.05) is 26.7 Å². The van der Waals surface area contributed by atoms with Crippen molar-refractivity contribution in [2.45, 2.75) is 33.2 Å². The molecule has 0 spiro atoms. The van der Waals surface area contributed by atoms with Gasteiger partial charge in [0.1, 0.15) is 6.54 Å². The molecule has 122 valence electrons. The maximum Gasteiger partial charge on any atom is 0.242 e. The number of hydrogen-bond donors (Lipinski definition) is 2. The Hall–Kier alpha value is -2.04. The van der Waals surface area contributed by atoms with Crippen LogP contribution in [-0.2, 0) is 11.3 Å². The van der Waals surface area contributed by atoms with Crippen molar-refractivity contribution in [3.05, 3.63) is 35.9 Å². The van der Waals surface area contributed by atoms with Crippen molar-refractivity contribution in [3.63, 3.8) is 0 Å². The number of hydrogen-bond acceptors (Lipinski definition) is 2. The van der Waals surface area contributed by atoms with Gasteiger partial charge in [-0.2, -0.15) is 0 Å². The molecule has 0 aliphatic carbocycles. The number of carbonyl (C=O) groups excluding carboxylic acids is 1. The average Bonchev–Trinajstić information content (AvgIpc) is 2.55. The minimum atomic E-state index is -0.0665. The Morgan fingerprint density at radius 2 is 1.91 bits per heavy atom. The number of unbranched alkanes of at least 4 members (excludes halogenated alkanes) is 1. The van der Waals surface area contributed by atoms with Crippen LogP contribution in [0.5, 0.6) is 0 Å². The second kappa shape index (κ2) is 10.7. The molecule has 0 aliphatic heterocycles. The number of nitrogens with one attached hydrogen (secondary N) is 2.